The zero-order valence-corrected chi connectivity index (χ0v) is 13.0. The Labute approximate surface area is 125 Å². The minimum Gasteiger partial charge on any atom is -0.378 e. The van der Waals surface area contributed by atoms with Crippen molar-refractivity contribution >= 4 is 23.2 Å². The van der Waals surface area contributed by atoms with Crippen molar-refractivity contribution in [1.29, 1.82) is 0 Å². The number of ether oxygens (including phenoxy) is 1. The fourth-order valence-corrected chi connectivity index (χ4v) is 3.17. The van der Waals surface area contributed by atoms with Crippen molar-refractivity contribution in [3.63, 3.8) is 0 Å². The zero-order valence-electron chi connectivity index (χ0n) is 11.5. The molecule has 2 rings (SSSR count). The van der Waals surface area contributed by atoms with Gasteiger partial charge in [-0.1, -0.05) is 42.3 Å². The average molecular weight is 302 g/mol. The lowest BCUT2D eigenvalue weighted by atomic mass is 9.76. The molecule has 1 aliphatic heterocycles. The summed E-state index contributed by atoms with van der Waals surface area (Å²) in [6, 6.07) is 5.86. The van der Waals surface area contributed by atoms with E-state index in [-0.39, 0.29) is 11.5 Å². The summed E-state index contributed by atoms with van der Waals surface area (Å²) in [6.45, 7) is 7.03. The van der Waals surface area contributed by atoms with Crippen LogP contribution in [0.3, 0.4) is 0 Å². The van der Waals surface area contributed by atoms with Crippen LogP contribution >= 0.6 is 23.2 Å². The van der Waals surface area contributed by atoms with Gasteiger partial charge in [-0.2, -0.15) is 0 Å². The molecule has 0 aromatic heterocycles. The molecule has 1 N–H and O–H groups in total. The summed E-state index contributed by atoms with van der Waals surface area (Å²) in [6.07, 6.45) is 2.20. The Morgan fingerprint density at radius 2 is 2.21 bits per heavy atom. The van der Waals surface area contributed by atoms with E-state index in [0.29, 0.717) is 10.0 Å². The number of rotatable bonds is 5. The third kappa shape index (κ3) is 3.25. The summed E-state index contributed by atoms with van der Waals surface area (Å²) < 4.78 is 5.79. The molecule has 19 heavy (non-hydrogen) atoms. The molecule has 2 nitrogen and oxygen atoms in total. The van der Waals surface area contributed by atoms with E-state index in [1.54, 1.807) is 0 Å². The van der Waals surface area contributed by atoms with E-state index in [1.165, 1.54) is 0 Å². The van der Waals surface area contributed by atoms with Gasteiger partial charge in [0.1, 0.15) is 0 Å². The summed E-state index contributed by atoms with van der Waals surface area (Å²) >= 11 is 12.4. The van der Waals surface area contributed by atoms with Crippen LogP contribution in [-0.2, 0) is 11.2 Å². The van der Waals surface area contributed by atoms with Crippen LogP contribution in [0.2, 0.25) is 10.0 Å². The fourth-order valence-electron chi connectivity index (χ4n) is 2.78. The molecule has 2 unspecified atom stereocenters. The lowest BCUT2D eigenvalue weighted by Crippen LogP contribution is -2.41. The predicted molar refractivity (Wildman–Crippen MR) is 81.2 cm³/mol. The molecule has 0 amide bonds. The van der Waals surface area contributed by atoms with Gasteiger partial charge in [0.2, 0.25) is 0 Å². The molecule has 0 radical (unpaired) electrons. The fraction of sp³-hybridized carbons (Fsp3) is 0.600. The first-order valence-corrected chi connectivity index (χ1v) is 7.60. The Hall–Kier alpha value is -0.280. The molecule has 0 aliphatic carbocycles. The Morgan fingerprint density at radius 3 is 2.84 bits per heavy atom. The van der Waals surface area contributed by atoms with Crippen molar-refractivity contribution in [2.75, 3.05) is 19.7 Å². The van der Waals surface area contributed by atoms with Crippen LogP contribution in [0, 0.1) is 5.41 Å². The maximum absolute atomic E-state index is 6.32. The summed E-state index contributed by atoms with van der Waals surface area (Å²) in [7, 11) is 0. The molecule has 0 saturated carbocycles. The molecule has 2 atom stereocenters. The Bertz CT molecular complexity index is 438. The van der Waals surface area contributed by atoms with Crippen LogP contribution in [0.4, 0.5) is 0 Å². The van der Waals surface area contributed by atoms with E-state index < -0.39 is 0 Å². The van der Waals surface area contributed by atoms with E-state index in [2.05, 4.69) is 25.2 Å². The van der Waals surface area contributed by atoms with Gasteiger partial charge in [0.15, 0.2) is 0 Å². The molecular formula is C15H21Cl2NO. The van der Waals surface area contributed by atoms with Gasteiger partial charge in [-0.25, -0.2) is 0 Å². The first-order chi connectivity index (χ1) is 9.09. The second-order valence-electron chi connectivity index (χ2n) is 5.30. The summed E-state index contributed by atoms with van der Waals surface area (Å²) in [5.74, 6) is 0. The number of hydrogen-bond acceptors (Lipinski definition) is 2. The molecule has 106 valence electrons. The molecule has 1 saturated heterocycles. The van der Waals surface area contributed by atoms with Gasteiger partial charge in [0.25, 0.3) is 0 Å². The van der Waals surface area contributed by atoms with E-state index in [1.807, 2.05) is 12.1 Å². The predicted octanol–water partition coefficient (Wildman–Crippen LogP) is 3.94. The highest BCUT2D eigenvalue weighted by Crippen LogP contribution is 2.40. The first kappa shape index (κ1) is 15.1. The maximum Gasteiger partial charge on any atom is 0.0624 e. The van der Waals surface area contributed by atoms with Crippen molar-refractivity contribution in [3.8, 4) is 0 Å². The largest absolute Gasteiger partial charge is 0.378 e. The normalized spacial score (nSPS) is 26.8. The number of benzene rings is 1. The van der Waals surface area contributed by atoms with Crippen LogP contribution in [0.25, 0.3) is 0 Å². The van der Waals surface area contributed by atoms with Crippen LogP contribution in [0.15, 0.2) is 18.2 Å². The summed E-state index contributed by atoms with van der Waals surface area (Å²) in [4.78, 5) is 0. The minimum atomic E-state index is 0.115. The molecule has 1 fully saturated rings. The standard InChI is InChI=1S/C15H21Cl2NO/c1-3-18-10-15(7-8-19-11(15)2)9-12-5-4-6-13(16)14(12)17/h4-6,11,18H,3,7-10H2,1-2H3. The molecule has 0 spiro atoms. The smallest absolute Gasteiger partial charge is 0.0624 e. The molecule has 1 aliphatic rings. The van der Waals surface area contributed by atoms with Crippen LogP contribution in [-0.4, -0.2) is 25.8 Å². The number of hydrogen-bond donors (Lipinski definition) is 1. The van der Waals surface area contributed by atoms with Gasteiger partial charge in [-0.05, 0) is 37.9 Å². The van der Waals surface area contributed by atoms with Crippen molar-refractivity contribution < 1.29 is 4.74 Å². The van der Waals surface area contributed by atoms with Gasteiger partial charge in [-0.3, -0.25) is 0 Å². The van der Waals surface area contributed by atoms with Gasteiger partial charge >= 0.3 is 0 Å². The molecule has 1 heterocycles. The van der Waals surface area contributed by atoms with E-state index in [0.717, 1.165) is 38.1 Å². The highest BCUT2D eigenvalue weighted by molar-refractivity contribution is 6.42. The average Bonchev–Trinajstić information content (AvgIpc) is 2.75. The molecule has 1 aromatic rings. The van der Waals surface area contributed by atoms with Crippen LogP contribution < -0.4 is 5.32 Å². The van der Waals surface area contributed by atoms with Crippen molar-refractivity contribution in [2.45, 2.75) is 32.8 Å². The zero-order chi connectivity index (χ0) is 13.9. The van der Waals surface area contributed by atoms with Crippen molar-refractivity contribution in [3.05, 3.63) is 33.8 Å². The van der Waals surface area contributed by atoms with Gasteiger partial charge in [-0.15, -0.1) is 0 Å². The monoisotopic (exact) mass is 301 g/mol. The van der Waals surface area contributed by atoms with Crippen LogP contribution in [0.1, 0.15) is 25.8 Å². The topological polar surface area (TPSA) is 21.3 Å². The van der Waals surface area contributed by atoms with Gasteiger partial charge in [0, 0.05) is 18.6 Å². The summed E-state index contributed by atoms with van der Waals surface area (Å²) in [5, 5.41) is 4.77. The van der Waals surface area contributed by atoms with E-state index in [4.69, 9.17) is 27.9 Å². The highest BCUT2D eigenvalue weighted by atomic mass is 35.5. The second kappa shape index (κ2) is 6.45. The Kier molecular flexibility index (Phi) is 5.13. The Balaban J connectivity index is 2.23. The lowest BCUT2D eigenvalue weighted by Gasteiger charge is -2.33. The molecule has 1 aromatic carbocycles. The van der Waals surface area contributed by atoms with E-state index in [9.17, 15) is 0 Å². The first-order valence-electron chi connectivity index (χ1n) is 6.84. The molecular weight excluding hydrogens is 281 g/mol. The Morgan fingerprint density at radius 1 is 1.42 bits per heavy atom. The van der Waals surface area contributed by atoms with Gasteiger partial charge in [0.05, 0.1) is 16.1 Å². The van der Waals surface area contributed by atoms with Gasteiger partial charge < -0.3 is 10.1 Å². The quantitative estimate of drug-likeness (QED) is 0.889. The number of nitrogens with one attached hydrogen (secondary N) is 1. The number of halogens is 2. The minimum absolute atomic E-state index is 0.115. The second-order valence-corrected chi connectivity index (χ2v) is 6.08. The SMILES string of the molecule is CCNCC1(Cc2cccc(Cl)c2Cl)CCOC1C. The van der Waals surface area contributed by atoms with E-state index >= 15 is 0 Å². The summed E-state index contributed by atoms with van der Waals surface area (Å²) in [5.41, 5.74) is 1.23. The lowest BCUT2D eigenvalue weighted by molar-refractivity contribution is 0.0633. The highest BCUT2D eigenvalue weighted by Gasteiger charge is 2.41. The third-order valence-electron chi connectivity index (χ3n) is 4.13. The molecule has 0 bridgehead atoms. The van der Waals surface area contributed by atoms with Crippen LogP contribution in [0.5, 0.6) is 0 Å². The van der Waals surface area contributed by atoms with Crippen molar-refractivity contribution in [1.82, 2.24) is 5.32 Å². The van der Waals surface area contributed by atoms with Crippen molar-refractivity contribution in [2.24, 2.45) is 5.41 Å². The molecule has 4 heteroatoms. The maximum atomic E-state index is 6.32. The third-order valence-corrected chi connectivity index (χ3v) is 4.99.